The molecule has 1 aliphatic heterocycles. The standard InChI is InChI=1S/C20H22FN3O3/c21-15-5-13-16(24(12-3-4-12)9-14(19(13)25)20(26)27)6-17(15)23-7-10-1-2-11(8-23)18(10)22/h5-6,9-12,18H,1-4,7-8,22H2,(H,26,27). The number of hydrogen-bond acceptors (Lipinski definition) is 4. The van der Waals surface area contributed by atoms with Crippen LogP contribution in [0.1, 0.15) is 42.1 Å². The van der Waals surface area contributed by atoms with Gasteiger partial charge in [-0.3, -0.25) is 4.79 Å². The molecule has 6 nitrogen and oxygen atoms in total. The number of benzene rings is 1. The molecule has 142 valence electrons. The van der Waals surface area contributed by atoms with Gasteiger partial charge in [0, 0.05) is 36.8 Å². The van der Waals surface area contributed by atoms with Gasteiger partial charge in [0.25, 0.3) is 0 Å². The summed E-state index contributed by atoms with van der Waals surface area (Å²) in [6.07, 6.45) is 5.44. The summed E-state index contributed by atoms with van der Waals surface area (Å²) in [4.78, 5) is 26.1. The molecular formula is C20H22FN3O3. The molecule has 2 bridgehead atoms. The predicted octanol–water partition coefficient (Wildman–Crippen LogP) is 2.35. The Bertz CT molecular complexity index is 1000. The van der Waals surface area contributed by atoms with Gasteiger partial charge in [0.2, 0.25) is 5.43 Å². The first kappa shape index (κ1) is 16.7. The number of anilines is 1. The van der Waals surface area contributed by atoms with Crippen molar-refractivity contribution < 1.29 is 14.3 Å². The number of nitrogens with two attached hydrogens (primary N) is 1. The number of aromatic nitrogens is 1. The SMILES string of the molecule is NC1C2CCC1CN(c1cc3c(cc1F)c(=O)c(C(=O)O)cn3C1CC1)C2. The molecule has 7 heteroatoms. The van der Waals surface area contributed by atoms with Gasteiger partial charge in [-0.25, -0.2) is 9.18 Å². The van der Waals surface area contributed by atoms with E-state index in [1.807, 2.05) is 9.47 Å². The van der Waals surface area contributed by atoms with Gasteiger partial charge >= 0.3 is 5.97 Å². The normalized spacial score (nSPS) is 27.3. The second kappa shape index (κ2) is 5.79. The first-order valence-electron chi connectivity index (χ1n) is 9.56. The molecule has 3 N–H and O–H groups in total. The smallest absolute Gasteiger partial charge is 0.341 e. The first-order chi connectivity index (χ1) is 12.9. The average molecular weight is 371 g/mol. The zero-order valence-electron chi connectivity index (χ0n) is 14.9. The quantitative estimate of drug-likeness (QED) is 0.865. The third-order valence-corrected chi connectivity index (χ3v) is 6.52. The summed E-state index contributed by atoms with van der Waals surface area (Å²) in [5, 5.41) is 9.48. The second-order valence-electron chi connectivity index (χ2n) is 8.22. The van der Waals surface area contributed by atoms with Crippen LogP contribution in [-0.4, -0.2) is 34.8 Å². The molecule has 27 heavy (non-hydrogen) atoms. The highest BCUT2D eigenvalue weighted by Gasteiger charge is 2.40. The Morgan fingerprint density at radius 2 is 1.81 bits per heavy atom. The van der Waals surface area contributed by atoms with Crippen LogP contribution < -0.4 is 16.1 Å². The molecule has 0 spiro atoms. The largest absolute Gasteiger partial charge is 0.477 e. The Kier molecular flexibility index (Phi) is 3.59. The van der Waals surface area contributed by atoms with E-state index in [-0.39, 0.29) is 23.0 Å². The van der Waals surface area contributed by atoms with Crippen molar-refractivity contribution in [3.8, 4) is 0 Å². The summed E-state index contributed by atoms with van der Waals surface area (Å²) in [5.41, 5.74) is 6.45. The van der Waals surface area contributed by atoms with Crippen LogP contribution in [0.4, 0.5) is 10.1 Å². The number of piperidine rings is 1. The van der Waals surface area contributed by atoms with Gasteiger partial charge < -0.3 is 20.3 Å². The van der Waals surface area contributed by atoms with E-state index in [0.29, 0.717) is 23.0 Å². The molecule has 0 amide bonds. The summed E-state index contributed by atoms with van der Waals surface area (Å²) in [6, 6.07) is 3.31. The van der Waals surface area contributed by atoms with Gasteiger partial charge in [0.1, 0.15) is 11.4 Å². The van der Waals surface area contributed by atoms with Crippen molar-refractivity contribution in [2.75, 3.05) is 18.0 Å². The molecule has 5 rings (SSSR count). The monoisotopic (exact) mass is 371 g/mol. The van der Waals surface area contributed by atoms with Crippen molar-refractivity contribution in [1.29, 1.82) is 0 Å². The van der Waals surface area contributed by atoms with Crippen LogP contribution in [0.25, 0.3) is 10.9 Å². The molecule has 1 aromatic heterocycles. The van der Waals surface area contributed by atoms with E-state index in [1.165, 1.54) is 12.3 Å². The molecule has 2 aliphatic carbocycles. The number of aromatic carboxylic acids is 1. The lowest BCUT2D eigenvalue weighted by atomic mass is 9.92. The lowest BCUT2D eigenvalue weighted by Crippen LogP contribution is -2.49. The fourth-order valence-electron chi connectivity index (χ4n) is 4.87. The van der Waals surface area contributed by atoms with E-state index >= 15 is 0 Å². The van der Waals surface area contributed by atoms with E-state index in [0.717, 1.165) is 38.8 Å². The Morgan fingerprint density at radius 3 is 2.41 bits per heavy atom. The minimum atomic E-state index is -1.28. The van der Waals surface area contributed by atoms with Crippen LogP contribution in [0.3, 0.4) is 0 Å². The molecular weight excluding hydrogens is 349 g/mol. The van der Waals surface area contributed by atoms with Crippen LogP contribution in [0.15, 0.2) is 23.1 Å². The lowest BCUT2D eigenvalue weighted by Gasteiger charge is -2.38. The fourth-order valence-corrected chi connectivity index (χ4v) is 4.87. The van der Waals surface area contributed by atoms with E-state index < -0.39 is 17.2 Å². The molecule has 1 saturated heterocycles. The molecule has 0 radical (unpaired) electrons. The second-order valence-corrected chi connectivity index (χ2v) is 8.22. The maximum Gasteiger partial charge on any atom is 0.341 e. The third kappa shape index (κ3) is 2.56. The minimum absolute atomic E-state index is 0.139. The Balaban J connectivity index is 1.66. The van der Waals surface area contributed by atoms with Crippen LogP contribution >= 0.6 is 0 Å². The number of hydrogen-bond donors (Lipinski definition) is 2. The number of carbonyl (C=O) groups is 1. The number of fused-ring (bicyclic) bond motifs is 3. The molecule has 2 aromatic rings. The van der Waals surface area contributed by atoms with Gasteiger partial charge in [0.05, 0.1) is 11.2 Å². The Labute approximate surface area is 155 Å². The van der Waals surface area contributed by atoms with Gasteiger partial charge in [0.15, 0.2) is 0 Å². The summed E-state index contributed by atoms with van der Waals surface area (Å²) in [7, 11) is 0. The Hall–Kier alpha value is -2.41. The molecule has 2 saturated carbocycles. The van der Waals surface area contributed by atoms with Gasteiger partial charge in [-0.05, 0) is 49.7 Å². The van der Waals surface area contributed by atoms with Crippen molar-refractivity contribution in [2.24, 2.45) is 17.6 Å². The van der Waals surface area contributed by atoms with Gasteiger partial charge in [-0.2, -0.15) is 0 Å². The third-order valence-electron chi connectivity index (χ3n) is 6.52. The summed E-state index contributed by atoms with van der Waals surface area (Å²) in [5.74, 6) is -1.00. The van der Waals surface area contributed by atoms with Crippen molar-refractivity contribution in [2.45, 2.75) is 37.8 Å². The predicted molar refractivity (Wildman–Crippen MR) is 99.8 cm³/mol. The number of halogens is 1. The molecule has 3 aliphatic rings. The fraction of sp³-hybridized carbons (Fsp3) is 0.500. The molecule has 1 aromatic carbocycles. The summed E-state index contributed by atoms with van der Waals surface area (Å²) >= 11 is 0. The van der Waals surface area contributed by atoms with E-state index in [4.69, 9.17) is 5.73 Å². The van der Waals surface area contributed by atoms with Gasteiger partial charge in [-0.15, -0.1) is 0 Å². The number of nitrogens with zero attached hydrogens (tertiary/aromatic N) is 2. The molecule has 2 unspecified atom stereocenters. The molecule has 3 fully saturated rings. The zero-order chi connectivity index (χ0) is 18.9. The highest BCUT2D eigenvalue weighted by molar-refractivity contribution is 5.93. The highest BCUT2D eigenvalue weighted by atomic mass is 19.1. The number of carboxylic acids is 1. The topological polar surface area (TPSA) is 88.6 Å². The molecule has 2 heterocycles. The van der Waals surface area contributed by atoms with Gasteiger partial charge in [-0.1, -0.05) is 0 Å². The maximum atomic E-state index is 15.0. The highest BCUT2D eigenvalue weighted by Crippen LogP contribution is 2.41. The lowest BCUT2D eigenvalue weighted by molar-refractivity contribution is 0.0695. The first-order valence-corrected chi connectivity index (χ1v) is 9.56. The van der Waals surface area contributed by atoms with Crippen molar-refractivity contribution >= 4 is 22.6 Å². The Morgan fingerprint density at radius 1 is 1.15 bits per heavy atom. The van der Waals surface area contributed by atoms with Crippen LogP contribution in [-0.2, 0) is 0 Å². The maximum absolute atomic E-state index is 15.0. The average Bonchev–Trinajstić information content (AvgIpc) is 3.44. The number of pyridine rings is 1. The zero-order valence-corrected chi connectivity index (χ0v) is 14.9. The number of rotatable bonds is 3. The van der Waals surface area contributed by atoms with Crippen LogP contribution in [0.2, 0.25) is 0 Å². The molecule has 2 atom stereocenters. The van der Waals surface area contributed by atoms with E-state index in [9.17, 15) is 19.1 Å². The van der Waals surface area contributed by atoms with Crippen molar-refractivity contribution in [3.05, 3.63) is 39.9 Å². The minimum Gasteiger partial charge on any atom is -0.477 e. The summed E-state index contributed by atoms with van der Waals surface area (Å²) < 4.78 is 16.8. The van der Waals surface area contributed by atoms with Crippen molar-refractivity contribution in [3.63, 3.8) is 0 Å². The van der Waals surface area contributed by atoms with Crippen LogP contribution in [0.5, 0.6) is 0 Å². The summed E-state index contributed by atoms with van der Waals surface area (Å²) in [6.45, 7) is 1.45. The van der Waals surface area contributed by atoms with E-state index in [1.54, 1.807) is 6.07 Å². The van der Waals surface area contributed by atoms with E-state index in [2.05, 4.69) is 0 Å². The van der Waals surface area contributed by atoms with Crippen molar-refractivity contribution in [1.82, 2.24) is 4.57 Å². The number of carboxylic acid groups (broad SMARTS) is 1. The van der Waals surface area contributed by atoms with Crippen LogP contribution in [0, 0.1) is 17.7 Å².